The molecule has 1 aliphatic heterocycles. The Kier molecular flexibility index (Phi) is 5.68. The van der Waals surface area contributed by atoms with Crippen molar-refractivity contribution in [3.8, 4) is 0 Å². The van der Waals surface area contributed by atoms with Crippen LogP contribution in [0.2, 0.25) is 0 Å². The molecule has 6 nitrogen and oxygen atoms in total. The van der Waals surface area contributed by atoms with Crippen molar-refractivity contribution in [3.63, 3.8) is 0 Å². The van der Waals surface area contributed by atoms with Gasteiger partial charge in [-0.2, -0.15) is 0 Å². The molecule has 0 aliphatic carbocycles. The van der Waals surface area contributed by atoms with Gasteiger partial charge in [-0.05, 0) is 38.1 Å². The summed E-state index contributed by atoms with van der Waals surface area (Å²) >= 11 is 0. The molecule has 0 unspecified atom stereocenters. The highest BCUT2D eigenvalue weighted by atomic mass is 16.6. The number of nitro groups is 1. The highest BCUT2D eigenvalue weighted by Gasteiger charge is 2.11. The number of carbonyl (C=O) groups is 1. The zero-order chi connectivity index (χ0) is 15.1. The molecule has 1 aromatic carbocycles. The molecule has 114 valence electrons. The second-order valence-corrected chi connectivity index (χ2v) is 5.32. The summed E-state index contributed by atoms with van der Waals surface area (Å²) in [7, 11) is 0. The summed E-state index contributed by atoms with van der Waals surface area (Å²) in [4.78, 5) is 24.4. The van der Waals surface area contributed by atoms with Crippen molar-refractivity contribution in [3.05, 3.63) is 39.9 Å². The number of hydrogen-bond donors (Lipinski definition) is 1. The van der Waals surface area contributed by atoms with Crippen LogP contribution in [0.4, 0.5) is 5.69 Å². The minimum atomic E-state index is -0.471. The molecule has 0 aromatic heterocycles. The van der Waals surface area contributed by atoms with Crippen LogP contribution in [0.25, 0.3) is 0 Å². The molecule has 0 radical (unpaired) electrons. The van der Waals surface area contributed by atoms with Crippen LogP contribution >= 0.6 is 0 Å². The summed E-state index contributed by atoms with van der Waals surface area (Å²) in [5.41, 5.74) is 0.451. The van der Waals surface area contributed by atoms with E-state index < -0.39 is 4.92 Å². The Hall–Kier alpha value is -1.95. The molecular formula is C15H21N3O3. The molecule has 0 bridgehead atoms. The number of nitrogens with zero attached hydrogens (tertiary/aromatic N) is 2. The van der Waals surface area contributed by atoms with Crippen LogP contribution < -0.4 is 5.32 Å². The smallest absolute Gasteiger partial charge is 0.269 e. The van der Waals surface area contributed by atoms with E-state index in [0.717, 1.165) is 19.6 Å². The van der Waals surface area contributed by atoms with E-state index in [4.69, 9.17) is 0 Å². The molecule has 0 atom stereocenters. The van der Waals surface area contributed by atoms with Crippen molar-refractivity contribution in [2.24, 2.45) is 0 Å². The molecule has 1 fully saturated rings. The minimum Gasteiger partial charge on any atom is -0.351 e. The summed E-state index contributed by atoms with van der Waals surface area (Å²) < 4.78 is 0. The van der Waals surface area contributed by atoms with E-state index >= 15 is 0 Å². The number of nitrogens with one attached hydrogen (secondary N) is 1. The van der Waals surface area contributed by atoms with Crippen molar-refractivity contribution in [1.82, 2.24) is 10.2 Å². The van der Waals surface area contributed by atoms with Gasteiger partial charge < -0.3 is 10.2 Å². The summed E-state index contributed by atoms with van der Waals surface area (Å²) in [5.74, 6) is -0.181. The van der Waals surface area contributed by atoms with Crippen molar-refractivity contribution < 1.29 is 9.72 Å². The fraction of sp³-hybridized carbons (Fsp3) is 0.533. The number of carbonyl (C=O) groups excluding carboxylic acids is 1. The minimum absolute atomic E-state index is 0.00360. The Labute approximate surface area is 124 Å². The molecule has 6 heteroatoms. The first kappa shape index (κ1) is 15.4. The Morgan fingerprint density at radius 3 is 2.33 bits per heavy atom. The SMILES string of the molecule is O=C(NCCN1CCCCCC1)c1ccc([N+](=O)[O-])cc1. The first-order valence-corrected chi connectivity index (χ1v) is 7.42. The molecule has 1 saturated heterocycles. The highest BCUT2D eigenvalue weighted by Crippen LogP contribution is 2.12. The first-order chi connectivity index (χ1) is 10.2. The van der Waals surface area contributed by atoms with E-state index in [2.05, 4.69) is 10.2 Å². The van der Waals surface area contributed by atoms with E-state index in [9.17, 15) is 14.9 Å². The van der Waals surface area contributed by atoms with Crippen LogP contribution in [0.1, 0.15) is 36.0 Å². The van der Waals surface area contributed by atoms with E-state index in [1.54, 1.807) is 0 Å². The van der Waals surface area contributed by atoms with Crippen molar-refractivity contribution in [2.75, 3.05) is 26.2 Å². The van der Waals surface area contributed by atoms with Gasteiger partial charge in [0.2, 0.25) is 0 Å². The third kappa shape index (κ3) is 4.82. The molecule has 0 saturated carbocycles. The van der Waals surface area contributed by atoms with Gasteiger partial charge in [0.25, 0.3) is 11.6 Å². The molecule has 1 heterocycles. The van der Waals surface area contributed by atoms with Gasteiger partial charge in [-0.3, -0.25) is 14.9 Å². The Balaban J connectivity index is 1.77. The zero-order valence-electron chi connectivity index (χ0n) is 12.1. The molecule has 1 aliphatic rings. The predicted molar refractivity (Wildman–Crippen MR) is 80.3 cm³/mol. The second kappa shape index (κ2) is 7.73. The molecule has 2 rings (SSSR count). The standard InChI is InChI=1S/C15H21N3O3/c19-15(13-5-7-14(8-6-13)18(20)21)16-9-12-17-10-3-1-2-4-11-17/h5-8H,1-4,9-12H2,(H,16,19). The van der Waals surface area contributed by atoms with E-state index in [0.29, 0.717) is 12.1 Å². The predicted octanol–water partition coefficient (Wildman–Crippen LogP) is 2.20. The Morgan fingerprint density at radius 1 is 1.14 bits per heavy atom. The van der Waals surface area contributed by atoms with Gasteiger partial charge in [0.1, 0.15) is 0 Å². The van der Waals surface area contributed by atoms with Crippen molar-refractivity contribution >= 4 is 11.6 Å². The third-order valence-electron chi connectivity index (χ3n) is 3.75. The van der Waals surface area contributed by atoms with Crippen LogP contribution in [0.15, 0.2) is 24.3 Å². The van der Waals surface area contributed by atoms with E-state index in [-0.39, 0.29) is 11.6 Å². The lowest BCUT2D eigenvalue weighted by Gasteiger charge is -2.19. The van der Waals surface area contributed by atoms with Gasteiger partial charge in [0.15, 0.2) is 0 Å². The number of likely N-dealkylation sites (tertiary alicyclic amines) is 1. The summed E-state index contributed by atoms with van der Waals surface area (Å²) in [6, 6.07) is 5.67. The quantitative estimate of drug-likeness (QED) is 0.666. The van der Waals surface area contributed by atoms with E-state index in [1.807, 2.05) is 0 Å². The maximum atomic E-state index is 11.9. The maximum absolute atomic E-state index is 11.9. The van der Waals surface area contributed by atoms with Crippen molar-refractivity contribution in [2.45, 2.75) is 25.7 Å². The largest absolute Gasteiger partial charge is 0.351 e. The van der Waals surface area contributed by atoms with Gasteiger partial charge in [-0.1, -0.05) is 12.8 Å². The van der Waals surface area contributed by atoms with Gasteiger partial charge in [0, 0.05) is 30.8 Å². The fourth-order valence-electron chi connectivity index (χ4n) is 2.52. The maximum Gasteiger partial charge on any atom is 0.269 e. The summed E-state index contributed by atoms with van der Waals surface area (Å²) in [5, 5.41) is 13.4. The number of hydrogen-bond acceptors (Lipinski definition) is 4. The van der Waals surface area contributed by atoms with E-state index in [1.165, 1.54) is 49.9 Å². The number of benzene rings is 1. The van der Waals surface area contributed by atoms with Gasteiger partial charge >= 0.3 is 0 Å². The van der Waals surface area contributed by atoms with Crippen LogP contribution in [0.3, 0.4) is 0 Å². The first-order valence-electron chi connectivity index (χ1n) is 7.42. The average molecular weight is 291 g/mol. The number of nitro benzene ring substituents is 1. The van der Waals surface area contributed by atoms with Gasteiger partial charge in [-0.15, -0.1) is 0 Å². The molecule has 0 spiro atoms. The average Bonchev–Trinajstić information content (AvgIpc) is 2.76. The fourth-order valence-corrected chi connectivity index (χ4v) is 2.52. The van der Waals surface area contributed by atoms with Crippen LogP contribution in [-0.2, 0) is 0 Å². The van der Waals surface area contributed by atoms with Crippen LogP contribution in [0.5, 0.6) is 0 Å². The Morgan fingerprint density at radius 2 is 1.76 bits per heavy atom. The van der Waals surface area contributed by atoms with Gasteiger partial charge in [-0.25, -0.2) is 0 Å². The van der Waals surface area contributed by atoms with Gasteiger partial charge in [0.05, 0.1) is 4.92 Å². The molecule has 1 aromatic rings. The Bertz CT molecular complexity index is 479. The lowest BCUT2D eigenvalue weighted by Crippen LogP contribution is -2.35. The third-order valence-corrected chi connectivity index (χ3v) is 3.75. The number of amides is 1. The monoisotopic (exact) mass is 291 g/mol. The topological polar surface area (TPSA) is 75.5 Å². The zero-order valence-corrected chi connectivity index (χ0v) is 12.1. The lowest BCUT2D eigenvalue weighted by molar-refractivity contribution is -0.384. The number of rotatable bonds is 5. The lowest BCUT2D eigenvalue weighted by atomic mass is 10.2. The molecule has 21 heavy (non-hydrogen) atoms. The highest BCUT2D eigenvalue weighted by molar-refractivity contribution is 5.94. The summed E-state index contributed by atoms with van der Waals surface area (Å²) in [6.45, 7) is 3.68. The molecule has 1 amide bonds. The molecular weight excluding hydrogens is 270 g/mol. The second-order valence-electron chi connectivity index (χ2n) is 5.32. The number of non-ortho nitro benzene ring substituents is 1. The van der Waals surface area contributed by atoms with Crippen LogP contribution in [-0.4, -0.2) is 41.9 Å². The molecule has 1 N–H and O–H groups in total. The normalized spacial score (nSPS) is 16.2. The van der Waals surface area contributed by atoms with Crippen LogP contribution in [0, 0.1) is 10.1 Å². The van der Waals surface area contributed by atoms with Crippen molar-refractivity contribution in [1.29, 1.82) is 0 Å². The summed E-state index contributed by atoms with van der Waals surface area (Å²) in [6.07, 6.45) is 5.06.